The van der Waals surface area contributed by atoms with Gasteiger partial charge < -0.3 is 10.1 Å². The molecular weight excluding hydrogens is 384 g/mol. The predicted molar refractivity (Wildman–Crippen MR) is 113 cm³/mol. The molecule has 146 valence electrons. The van der Waals surface area contributed by atoms with Crippen molar-refractivity contribution in [2.75, 3.05) is 11.9 Å². The van der Waals surface area contributed by atoms with Crippen LogP contribution in [-0.4, -0.2) is 18.5 Å². The van der Waals surface area contributed by atoms with Gasteiger partial charge in [0.15, 0.2) is 0 Å². The molecule has 29 heavy (non-hydrogen) atoms. The van der Waals surface area contributed by atoms with Crippen molar-refractivity contribution in [1.29, 1.82) is 5.26 Å². The molecule has 3 aromatic rings. The van der Waals surface area contributed by atoms with Crippen molar-refractivity contribution in [2.24, 2.45) is 0 Å². The van der Waals surface area contributed by atoms with Crippen LogP contribution in [0.25, 0.3) is 0 Å². The number of hydrogen-bond acceptors (Lipinski definition) is 5. The Morgan fingerprint density at radius 3 is 2.10 bits per heavy atom. The van der Waals surface area contributed by atoms with Crippen LogP contribution in [0.5, 0.6) is 0 Å². The van der Waals surface area contributed by atoms with Crippen LogP contribution in [0.15, 0.2) is 60.7 Å². The van der Waals surface area contributed by atoms with E-state index in [1.165, 1.54) is 0 Å². The van der Waals surface area contributed by atoms with Crippen LogP contribution in [0, 0.1) is 18.3 Å². The van der Waals surface area contributed by atoms with Crippen molar-refractivity contribution in [3.05, 3.63) is 87.8 Å². The molecule has 0 aliphatic carbocycles. The molecule has 0 saturated carbocycles. The molecule has 0 aliphatic heterocycles. The Kier molecular flexibility index (Phi) is 6.43. The smallest absolute Gasteiger partial charge is 0.348 e. The van der Waals surface area contributed by atoms with Crippen LogP contribution in [0.3, 0.4) is 0 Å². The largest absolute Gasteiger partial charge is 0.462 e. The molecule has 1 heterocycles. The summed E-state index contributed by atoms with van der Waals surface area (Å²) in [6, 6.07) is 21.0. The van der Waals surface area contributed by atoms with E-state index in [1.54, 1.807) is 13.8 Å². The van der Waals surface area contributed by atoms with Crippen LogP contribution < -0.4 is 5.32 Å². The van der Waals surface area contributed by atoms with E-state index in [4.69, 9.17) is 4.74 Å². The summed E-state index contributed by atoms with van der Waals surface area (Å²) < 4.78 is 5.06. The van der Waals surface area contributed by atoms with E-state index in [9.17, 15) is 14.9 Å². The summed E-state index contributed by atoms with van der Waals surface area (Å²) in [5.41, 5.74) is 2.48. The minimum absolute atomic E-state index is 0.240. The summed E-state index contributed by atoms with van der Waals surface area (Å²) >= 11 is 1.07. The fraction of sp³-hybridized carbons (Fsp3) is 0.174. The fourth-order valence-electron chi connectivity index (χ4n) is 3.10. The Morgan fingerprint density at radius 2 is 1.62 bits per heavy atom. The lowest BCUT2D eigenvalue weighted by Crippen LogP contribution is -2.22. The molecule has 0 fully saturated rings. The number of hydrogen-bond donors (Lipinski definition) is 1. The summed E-state index contributed by atoms with van der Waals surface area (Å²) in [5, 5.41) is 12.8. The number of thiophene rings is 1. The highest BCUT2D eigenvalue weighted by Gasteiger charge is 2.27. The first kappa shape index (κ1) is 20.3. The molecule has 0 spiro atoms. The summed E-state index contributed by atoms with van der Waals surface area (Å²) in [6.45, 7) is 3.64. The summed E-state index contributed by atoms with van der Waals surface area (Å²) in [7, 11) is 0. The molecule has 0 saturated heterocycles. The molecule has 0 bridgehead atoms. The van der Waals surface area contributed by atoms with Gasteiger partial charge in [-0.15, -0.1) is 11.3 Å². The minimum atomic E-state index is -0.544. The number of amides is 1. The standard InChI is InChI=1S/C23H20N2O3S/c1-3-28-23(27)20-15(2)18(14-24)22(29-20)25-21(26)19(16-10-6-4-7-11-16)17-12-8-5-9-13-17/h4-13,19H,3H2,1-2H3,(H,25,26). The van der Waals surface area contributed by atoms with Crippen molar-refractivity contribution in [3.8, 4) is 6.07 Å². The van der Waals surface area contributed by atoms with Gasteiger partial charge in [-0.1, -0.05) is 60.7 Å². The number of nitriles is 1. The molecule has 0 unspecified atom stereocenters. The number of rotatable bonds is 6. The molecular formula is C23H20N2O3S. The van der Waals surface area contributed by atoms with E-state index in [2.05, 4.69) is 11.4 Å². The molecule has 1 amide bonds. The normalized spacial score (nSPS) is 10.4. The highest BCUT2D eigenvalue weighted by Crippen LogP contribution is 2.35. The zero-order valence-electron chi connectivity index (χ0n) is 16.1. The first-order chi connectivity index (χ1) is 14.1. The van der Waals surface area contributed by atoms with Crippen molar-refractivity contribution in [3.63, 3.8) is 0 Å². The van der Waals surface area contributed by atoms with Gasteiger partial charge in [0.2, 0.25) is 5.91 Å². The highest BCUT2D eigenvalue weighted by molar-refractivity contribution is 7.18. The Labute approximate surface area is 173 Å². The monoisotopic (exact) mass is 404 g/mol. The summed E-state index contributed by atoms with van der Waals surface area (Å²) in [4.78, 5) is 25.8. The number of benzene rings is 2. The maximum Gasteiger partial charge on any atom is 0.348 e. The second kappa shape index (κ2) is 9.18. The number of carbonyl (C=O) groups is 2. The van der Waals surface area contributed by atoms with Crippen LogP contribution in [0.4, 0.5) is 5.00 Å². The van der Waals surface area contributed by atoms with Crippen LogP contribution in [0.1, 0.15) is 44.8 Å². The Morgan fingerprint density at radius 1 is 1.07 bits per heavy atom. The number of nitrogens with one attached hydrogen (secondary N) is 1. The van der Waals surface area contributed by atoms with Crippen LogP contribution >= 0.6 is 11.3 Å². The van der Waals surface area contributed by atoms with E-state index in [0.717, 1.165) is 22.5 Å². The third-order valence-electron chi connectivity index (χ3n) is 4.48. The number of esters is 1. The average molecular weight is 404 g/mol. The number of ether oxygens (including phenoxy) is 1. The molecule has 0 aliphatic rings. The SMILES string of the molecule is CCOC(=O)c1sc(NC(=O)C(c2ccccc2)c2ccccc2)c(C#N)c1C. The number of carbonyl (C=O) groups excluding carboxylic acids is 2. The molecule has 0 radical (unpaired) electrons. The quantitative estimate of drug-likeness (QED) is 0.594. The van der Waals surface area contributed by atoms with Gasteiger partial charge in [-0.2, -0.15) is 5.26 Å². The van der Waals surface area contributed by atoms with E-state index in [-0.39, 0.29) is 18.1 Å². The third-order valence-corrected chi connectivity index (χ3v) is 5.67. The minimum Gasteiger partial charge on any atom is -0.462 e. The van der Waals surface area contributed by atoms with Crippen molar-refractivity contribution in [1.82, 2.24) is 0 Å². The van der Waals surface area contributed by atoms with Gasteiger partial charge in [-0.05, 0) is 30.5 Å². The molecule has 2 aromatic carbocycles. The molecule has 6 heteroatoms. The average Bonchev–Trinajstić information content (AvgIpc) is 3.05. The first-order valence-electron chi connectivity index (χ1n) is 9.18. The van der Waals surface area contributed by atoms with Crippen molar-refractivity contribution < 1.29 is 14.3 Å². The first-order valence-corrected chi connectivity index (χ1v) is 9.99. The molecule has 5 nitrogen and oxygen atoms in total. The Hall–Kier alpha value is -3.43. The van der Waals surface area contributed by atoms with E-state index >= 15 is 0 Å². The number of anilines is 1. The zero-order valence-corrected chi connectivity index (χ0v) is 17.0. The molecule has 0 atom stereocenters. The van der Waals surface area contributed by atoms with Gasteiger partial charge in [-0.25, -0.2) is 4.79 Å². The zero-order chi connectivity index (χ0) is 20.8. The molecule has 1 N–H and O–H groups in total. The Bertz CT molecular complexity index is 1010. The van der Waals surface area contributed by atoms with Gasteiger partial charge in [0, 0.05) is 0 Å². The predicted octanol–water partition coefficient (Wildman–Crippen LogP) is 4.88. The topological polar surface area (TPSA) is 79.2 Å². The maximum atomic E-state index is 13.3. The fourth-order valence-corrected chi connectivity index (χ4v) is 4.15. The van der Waals surface area contributed by atoms with Gasteiger partial charge in [0.25, 0.3) is 0 Å². The molecule has 1 aromatic heterocycles. The number of nitrogens with zero attached hydrogens (tertiary/aromatic N) is 1. The second-order valence-electron chi connectivity index (χ2n) is 6.34. The molecule has 3 rings (SSSR count). The lowest BCUT2D eigenvalue weighted by atomic mass is 9.90. The second-order valence-corrected chi connectivity index (χ2v) is 7.36. The van der Waals surface area contributed by atoms with E-state index in [1.807, 2.05) is 60.7 Å². The van der Waals surface area contributed by atoms with Crippen LogP contribution in [0.2, 0.25) is 0 Å². The van der Waals surface area contributed by atoms with E-state index in [0.29, 0.717) is 15.4 Å². The van der Waals surface area contributed by atoms with Crippen molar-refractivity contribution >= 4 is 28.2 Å². The van der Waals surface area contributed by atoms with Gasteiger partial charge in [-0.3, -0.25) is 4.79 Å². The van der Waals surface area contributed by atoms with Crippen molar-refractivity contribution in [2.45, 2.75) is 19.8 Å². The highest BCUT2D eigenvalue weighted by atomic mass is 32.1. The summed E-state index contributed by atoms with van der Waals surface area (Å²) in [5.74, 6) is -1.30. The Balaban J connectivity index is 1.98. The lowest BCUT2D eigenvalue weighted by Gasteiger charge is -2.17. The van der Waals surface area contributed by atoms with Gasteiger partial charge in [0.1, 0.15) is 15.9 Å². The van der Waals surface area contributed by atoms with Gasteiger partial charge in [0.05, 0.1) is 18.1 Å². The third kappa shape index (κ3) is 4.36. The van der Waals surface area contributed by atoms with E-state index < -0.39 is 11.9 Å². The summed E-state index contributed by atoms with van der Waals surface area (Å²) in [6.07, 6.45) is 0. The maximum absolute atomic E-state index is 13.3. The van der Waals surface area contributed by atoms with Gasteiger partial charge >= 0.3 is 5.97 Å². The van der Waals surface area contributed by atoms with Crippen LogP contribution in [-0.2, 0) is 9.53 Å². The lowest BCUT2D eigenvalue weighted by molar-refractivity contribution is -0.116.